The van der Waals surface area contributed by atoms with Crippen molar-refractivity contribution in [3.05, 3.63) is 34.3 Å². The second kappa shape index (κ2) is 7.27. The molecule has 0 spiro atoms. The van der Waals surface area contributed by atoms with E-state index in [0.29, 0.717) is 5.92 Å². The zero-order valence-corrected chi connectivity index (χ0v) is 14.6. The van der Waals surface area contributed by atoms with Crippen molar-refractivity contribution in [3.8, 4) is 0 Å². The number of hydrogen-bond donors (Lipinski definition) is 1. The largest absolute Gasteiger partial charge is 0.319 e. The number of aromatic nitrogens is 2. The molecule has 2 aromatic heterocycles. The Kier molecular flexibility index (Phi) is 5.13. The summed E-state index contributed by atoms with van der Waals surface area (Å²) in [7, 11) is 0. The monoisotopic (exact) mass is 332 g/mol. The zero-order valence-electron chi connectivity index (χ0n) is 13.8. The Morgan fingerprint density at radius 3 is 2.91 bits per heavy atom. The van der Waals surface area contributed by atoms with Crippen LogP contribution in [0.25, 0.3) is 0 Å². The molecule has 0 bridgehead atoms. The number of carbonyl (C=O) groups is 1. The highest BCUT2D eigenvalue weighted by molar-refractivity contribution is 7.12. The minimum absolute atomic E-state index is 0.00908. The average Bonchev–Trinajstić information content (AvgIpc) is 3.10. The quantitative estimate of drug-likeness (QED) is 0.806. The second-order valence-corrected chi connectivity index (χ2v) is 6.87. The van der Waals surface area contributed by atoms with Gasteiger partial charge in [0.25, 0.3) is 5.91 Å². The molecule has 1 aliphatic rings. The van der Waals surface area contributed by atoms with E-state index in [1.54, 1.807) is 6.20 Å². The molecular formula is C17H24N4OS. The Morgan fingerprint density at radius 2 is 2.22 bits per heavy atom. The van der Waals surface area contributed by atoms with Crippen molar-refractivity contribution < 1.29 is 4.79 Å². The summed E-state index contributed by atoms with van der Waals surface area (Å²) in [5.74, 6) is 0.587. The maximum atomic E-state index is 12.5. The molecular weight excluding hydrogens is 308 g/mol. The normalized spacial score (nSPS) is 14.4. The van der Waals surface area contributed by atoms with Crippen LogP contribution in [0.15, 0.2) is 23.8 Å². The number of likely N-dealkylation sites (N-methyl/N-ethyl adjacent to an activating group) is 1. The summed E-state index contributed by atoms with van der Waals surface area (Å²) in [5.41, 5.74) is 1.98. The van der Waals surface area contributed by atoms with Gasteiger partial charge in [0.05, 0.1) is 23.3 Å². The fourth-order valence-corrected chi connectivity index (χ4v) is 3.62. The van der Waals surface area contributed by atoms with Crippen LogP contribution in [0.5, 0.6) is 0 Å². The summed E-state index contributed by atoms with van der Waals surface area (Å²) in [4.78, 5) is 15.7. The molecule has 3 rings (SSSR count). The molecule has 5 nitrogen and oxygen atoms in total. The van der Waals surface area contributed by atoms with E-state index in [9.17, 15) is 4.79 Å². The summed E-state index contributed by atoms with van der Waals surface area (Å²) in [5, 5.41) is 9.33. The number of hydrogen-bond acceptors (Lipinski definition) is 4. The number of nitrogens with zero attached hydrogens (tertiary/aromatic N) is 3. The van der Waals surface area contributed by atoms with E-state index in [1.807, 2.05) is 16.3 Å². The van der Waals surface area contributed by atoms with Crippen LogP contribution in [0.3, 0.4) is 0 Å². The molecule has 0 unspecified atom stereocenters. The first-order valence-corrected chi connectivity index (χ1v) is 9.22. The van der Waals surface area contributed by atoms with Crippen LogP contribution in [0.1, 0.15) is 47.8 Å². The van der Waals surface area contributed by atoms with Crippen molar-refractivity contribution in [2.24, 2.45) is 0 Å². The average molecular weight is 332 g/mol. The first kappa shape index (κ1) is 16.2. The van der Waals surface area contributed by atoms with Crippen LogP contribution >= 0.6 is 11.3 Å². The van der Waals surface area contributed by atoms with E-state index in [-0.39, 0.29) is 5.91 Å². The Hall–Kier alpha value is -1.66. The minimum atomic E-state index is -0.00908. The minimum Gasteiger partial charge on any atom is -0.319 e. The molecule has 6 heteroatoms. The molecule has 1 aliphatic carbocycles. The van der Waals surface area contributed by atoms with E-state index < -0.39 is 0 Å². The molecule has 0 aliphatic heterocycles. The van der Waals surface area contributed by atoms with E-state index >= 15 is 0 Å². The van der Waals surface area contributed by atoms with Gasteiger partial charge in [-0.1, -0.05) is 13.8 Å². The predicted octanol–water partition coefficient (Wildman–Crippen LogP) is 3.42. The molecule has 1 saturated carbocycles. The van der Waals surface area contributed by atoms with Gasteiger partial charge < -0.3 is 10.2 Å². The molecule has 124 valence electrons. The number of nitrogens with one attached hydrogen (secondary N) is 1. The molecule has 0 saturated heterocycles. The highest BCUT2D eigenvalue weighted by atomic mass is 32.1. The molecule has 0 atom stereocenters. The highest BCUT2D eigenvalue weighted by Crippen LogP contribution is 2.43. The molecule has 1 fully saturated rings. The summed E-state index contributed by atoms with van der Waals surface area (Å²) in [6, 6.07) is 2.09. The lowest BCUT2D eigenvalue weighted by atomic mass is 10.1. The number of amides is 1. The Bertz CT molecular complexity index is 655. The van der Waals surface area contributed by atoms with Crippen LogP contribution in [-0.2, 0) is 6.54 Å². The van der Waals surface area contributed by atoms with Gasteiger partial charge in [-0.25, -0.2) is 0 Å². The maximum Gasteiger partial charge on any atom is 0.266 e. The van der Waals surface area contributed by atoms with Crippen molar-refractivity contribution in [1.82, 2.24) is 14.7 Å². The predicted molar refractivity (Wildman–Crippen MR) is 94.3 cm³/mol. The number of carbonyl (C=O) groups excluding carboxylic acids is 1. The third kappa shape index (κ3) is 4.00. The summed E-state index contributed by atoms with van der Waals surface area (Å²) in [6.45, 7) is 8.23. The van der Waals surface area contributed by atoms with Crippen LogP contribution in [0, 0.1) is 0 Å². The third-order valence-corrected chi connectivity index (χ3v) is 5.28. The van der Waals surface area contributed by atoms with Crippen molar-refractivity contribution in [3.63, 3.8) is 0 Å². The van der Waals surface area contributed by atoms with E-state index in [0.717, 1.165) is 36.7 Å². The molecule has 23 heavy (non-hydrogen) atoms. The molecule has 0 radical (unpaired) electrons. The van der Waals surface area contributed by atoms with Gasteiger partial charge in [0.1, 0.15) is 0 Å². The lowest BCUT2D eigenvalue weighted by Crippen LogP contribution is -2.27. The zero-order chi connectivity index (χ0) is 16.2. The van der Waals surface area contributed by atoms with Crippen molar-refractivity contribution in [1.29, 1.82) is 0 Å². The Labute approximate surface area is 141 Å². The van der Waals surface area contributed by atoms with Gasteiger partial charge in [-0.2, -0.15) is 5.10 Å². The summed E-state index contributed by atoms with van der Waals surface area (Å²) < 4.78 is 1.89. The first-order chi connectivity index (χ1) is 11.2. The maximum absolute atomic E-state index is 12.5. The van der Waals surface area contributed by atoms with Crippen molar-refractivity contribution in [2.45, 2.75) is 39.2 Å². The van der Waals surface area contributed by atoms with Crippen LogP contribution in [0.4, 0.5) is 5.69 Å². The fraction of sp³-hybridized carbons (Fsp3) is 0.529. The molecule has 1 amide bonds. The summed E-state index contributed by atoms with van der Waals surface area (Å²) >= 11 is 1.53. The van der Waals surface area contributed by atoms with Gasteiger partial charge in [-0.15, -0.1) is 11.3 Å². The lowest BCUT2D eigenvalue weighted by molar-refractivity contribution is 0.102. The van der Waals surface area contributed by atoms with Gasteiger partial charge in [-0.05, 0) is 48.9 Å². The smallest absolute Gasteiger partial charge is 0.266 e. The molecule has 2 aromatic rings. The lowest BCUT2D eigenvalue weighted by Gasteiger charge is -2.17. The molecule has 1 N–H and O–H groups in total. The van der Waals surface area contributed by atoms with Crippen LogP contribution < -0.4 is 5.32 Å². The molecule has 0 aromatic carbocycles. The van der Waals surface area contributed by atoms with Gasteiger partial charge >= 0.3 is 0 Å². The van der Waals surface area contributed by atoms with Gasteiger partial charge in [-0.3, -0.25) is 9.48 Å². The van der Waals surface area contributed by atoms with Gasteiger partial charge in [0, 0.05) is 12.7 Å². The van der Waals surface area contributed by atoms with Crippen molar-refractivity contribution >= 4 is 22.9 Å². The number of thiophene rings is 1. The number of anilines is 1. The molecule has 2 heterocycles. The third-order valence-electron chi connectivity index (χ3n) is 4.35. The van der Waals surface area contributed by atoms with Crippen LogP contribution in [-0.4, -0.2) is 40.2 Å². The standard InChI is InChI=1S/C17H24N4OS/c1-3-20(4-2)8-9-21-12-14(11-18-21)19-17(22)16-15(7-10-23-16)13-5-6-13/h7,10-13H,3-6,8-9H2,1-2H3,(H,19,22). The second-order valence-electron chi connectivity index (χ2n) is 5.95. The van der Waals surface area contributed by atoms with Crippen molar-refractivity contribution in [2.75, 3.05) is 25.0 Å². The fourth-order valence-electron chi connectivity index (χ4n) is 2.74. The van der Waals surface area contributed by atoms with Gasteiger partial charge in [0.15, 0.2) is 0 Å². The van der Waals surface area contributed by atoms with Crippen LogP contribution in [0.2, 0.25) is 0 Å². The van der Waals surface area contributed by atoms with Gasteiger partial charge in [0.2, 0.25) is 0 Å². The first-order valence-electron chi connectivity index (χ1n) is 8.34. The Balaban J connectivity index is 1.58. The SMILES string of the molecule is CCN(CC)CCn1cc(NC(=O)c2sccc2C2CC2)cn1. The van der Waals surface area contributed by atoms with E-state index in [4.69, 9.17) is 0 Å². The number of rotatable bonds is 8. The van der Waals surface area contributed by atoms with E-state index in [1.165, 1.54) is 29.7 Å². The topological polar surface area (TPSA) is 50.2 Å². The Morgan fingerprint density at radius 1 is 1.43 bits per heavy atom. The summed E-state index contributed by atoms with van der Waals surface area (Å²) in [6.07, 6.45) is 6.05. The highest BCUT2D eigenvalue weighted by Gasteiger charge is 2.29. The van der Waals surface area contributed by atoms with E-state index in [2.05, 4.69) is 35.2 Å².